The van der Waals surface area contributed by atoms with Crippen LogP contribution in [-0.2, 0) is 9.59 Å². The first-order valence-corrected chi connectivity index (χ1v) is 9.55. The molecule has 1 aliphatic heterocycles. The number of aryl methyl sites for hydroxylation is 1. The molecule has 1 aliphatic rings. The predicted molar refractivity (Wildman–Crippen MR) is 110 cm³/mol. The summed E-state index contributed by atoms with van der Waals surface area (Å²) >= 11 is 0. The number of carbonyl (C=O) groups is 4. The van der Waals surface area contributed by atoms with Gasteiger partial charge in [0, 0.05) is 30.8 Å². The highest BCUT2D eigenvalue weighted by Crippen LogP contribution is 2.24. The van der Waals surface area contributed by atoms with Gasteiger partial charge >= 0.3 is 0 Å². The molecule has 0 spiro atoms. The van der Waals surface area contributed by atoms with Gasteiger partial charge in [0.1, 0.15) is 0 Å². The minimum atomic E-state index is -0.310. The van der Waals surface area contributed by atoms with Crippen molar-refractivity contribution in [3.8, 4) is 0 Å². The number of benzene rings is 2. The second-order valence-corrected chi connectivity index (χ2v) is 6.94. The molecule has 0 atom stereocenters. The zero-order valence-electron chi connectivity index (χ0n) is 16.5. The number of rotatable bonds is 7. The summed E-state index contributed by atoms with van der Waals surface area (Å²) in [5, 5.41) is 5.50. The van der Waals surface area contributed by atoms with E-state index in [-0.39, 0.29) is 36.6 Å². The average molecular weight is 393 g/mol. The number of hydrogen-bond donors (Lipinski definition) is 2. The molecule has 0 unspecified atom stereocenters. The van der Waals surface area contributed by atoms with E-state index < -0.39 is 0 Å². The van der Waals surface area contributed by atoms with Gasteiger partial charge in [0.05, 0.1) is 11.1 Å². The van der Waals surface area contributed by atoms with E-state index in [2.05, 4.69) is 10.6 Å². The lowest BCUT2D eigenvalue weighted by Crippen LogP contribution is -2.31. The molecule has 4 amide bonds. The van der Waals surface area contributed by atoms with E-state index in [0.29, 0.717) is 35.3 Å². The van der Waals surface area contributed by atoms with Gasteiger partial charge in [0.2, 0.25) is 11.8 Å². The van der Waals surface area contributed by atoms with Crippen molar-refractivity contribution >= 4 is 35.0 Å². The number of carbonyl (C=O) groups excluding carboxylic acids is 4. The fourth-order valence-corrected chi connectivity index (χ4v) is 3.12. The summed E-state index contributed by atoms with van der Waals surface area (Å²) in [7, 11) is 0. The normalized spacial score (nSPS) is 12.7. The van der Waals surface area contributed by atoms with Gasteiger partial charge in [0.15, 0.2) is 0 Å². The highest BCUT2D eigenvalue weighted by Gasteiger charge is 2.34. The zero-order valence-corrected chi connectivity index (χ0v) is 16.5. The number of hydrogen-bond acceptors (Lipinski definition) is 4. The van der Waals surface area contributed by atoms with Crippen LogP contribution in [0.1, 0.15) is 52.5 Å². The smallest absolute Gasteiger partial charge is 0.261 e. The third-order valence-electron chi connectivity index (χ3n) is 4.69. The van der Waals surface area contributed by atoms with E-state index in [0.717, 1.165) is 5.56 Å². The minimum Gasteiger partial charge on any atom is -0.326 e. The van der Waals surface area contributed by atoms with E-state index in [1.54, 1.807) is 49.4 Å². The van der Waals surface area contributed by atoms with Crippen LogP contribution in [0.25, 0.3) is 0 Å². The number of anilines is 2. The fourth-order valence-electron chi connectivity index (χ4n) is 3.12. The van der Waals surface area contributed by atoms with Crippen molar-refractivity contribution in [3.63, 3.8) is 0 Å². The maximum Gasteiger partial charge on any atom is 0.261 e. The summed E-state index contributed by atoms with van der Waals surface area (Å²) in [5.41, 5.74) is 3.04. The van der Waals surface area contributed by atoms with E-state index >= 15 is 0 Å². The first kappa shape index (κ1) is 20.3. The Morgan fingerprint density at radius 3 is 2.07 bits per heavy atom. The largest absolute Gasteiger partial charge is 0.326 e. The Kier molecular flexibility index (Phi) is 6.07. The summed E-state index contributed by atoms with van der Waals surface area (Å²) in [4.78, 5) is 49.5. The molecular weight excluding hydrogens is 370 g/mol. The van der Waals surface area contributed by atoms with Crippen LogP contribution in [0, 0.1) is 6.92 Å². The maximum atomic E-state index is 12.4. The summed E-state index contributed by atoms with van der Waals surface area (Å²) in [6.07, 6.45) is 0.951. The molecule has 7 heteroatoms. The van der Waals surface area contributed by atoms with Crippen LogP contribution >= 0.6 is 0 Å². The van der Waals surface area contributed by atoms with Gasteiger partial charge in [-0.15, -0.1) is 0 Å². The number of amides is 4. The third-order valence-corrected chi connectivity index (χ3v) is 4.69. The highest BCUT2D eigenvalue weighted by atomic mass is 16.2. The van der Waals surface area contributed by atoms with Gasteiger partial charge in [-0.2, -0.15) is 0 Å². The summed E-state index contributed by atoms with van der Waals surface area (Å²) in [5.74, 6) is -0.901. The van der Waals surface area contributed by atoms with Crippen molar-refractivity contribution in [3.05, 3.63) is 59.2 Å². The van der Waals surface area contributed by atoms with Gasteiger partial charge in [-0.25, -0.2) is 0 Å². The Morgan fingerprint density at radius 2 is 1.45 bits per heavy atom. The molecule has 0 fully saturated rings. The van der Waals surface area contributed by atoms with E-state index in [4.69, 9.17) is 0 Å². The second kappa shape index (κ2) is 8.68. The van der Waals surface area contributed by atoms with Crippen LogP contribution < -0.4 is 10.6 Å². The number of fused-ring (bicyclic) bond motifs is 1. The molecule has 2 aromatic carbocycles. The monoisotopic (exact) mass is 393 g/mol. The molecule has 29 heavy (non-hydrogen) atoms. The molecule has 1 heterocycles. The fraction of sp³-hybridized carbons (Fsp3) is 0.273. The number of imide groups is 1. The van der Waals surface area contributed by atoms with Crippen molar-refractivity contribution in [1.29, 1.82) is 0 Å². The van der Waals surface area contributed by atoms with Gasteiger partial charge < -0.3 is 10.6 Å². The van der Waals surface area contributed by atoms with Crippen LogP contribution in [0.3, 0.4) is 0 Å². The van der Waals surface area contributed by atoms with E-state index in [1.807, 2.05) is 6.92 Å². The number of nitrogens with zero attached hydrogens (tertiary/aromatic N) is 1. The van der Waals surface area contributed by atoms with Gasteiger partial charge in [-0.3, -0.25) is 24.1 Å². The predicted octanol–water partition coefficient (Wildman–Crippen LogP) is 3.36. The first-order chi connectivity index (χ1) is 13.9. The van der Waals surface area contributed by atoms with Gasteiger partial charge in [-0.05, 0) is 49.7 Å². The maximum absolute atomic E-state index is 12.4. The molecule has 2 aromatic rings. The van der Waals surface area contributed by atoms with Gasteiger partial charge in [-0.1, -0.05) is 18.6 Å². The summed E-state index contributed by atoms with van der Waals surface area (Å²) in [6, 6.07) is 12.0. The Bertz CT molecular complexity index is 967. The van der Waals surface area contributed by atoms with Crippen LogP contribution in [0.5, 0.6) is 0 Å². The highest BCUT2D eigenvalue weighted by molar-refractivity contribution is 6.21. The molecule has 0 radical (unpaired) electrons. The molecule has 3 rings (SSSR count). The first-order valence-electron chi connectivity index (χ1n) is 9.55. The average Bonchev–Trinajstić information content (AvgIpc) is 2.93. The molecule has 0 saturated heterocycles. The zero-order chi connectivity index (χ0) is 21.0. The summed E-state index contributed by atoms with van der Waals surface area (Å²) in [6.45, 7) is 3.84. The standard InChI is InChI=1S/C22H23N3O4/c1-3-19(26)23-15-7-9-16(10-8-15)24-20(27)5-4-12-25-21(28)17-11-6-14(2)13-18(17)22(25)29/h6-11,13H,3-5,12H2,1-2H3,(H,23,26)(H,24,27). The Labute approximate surface area is 169 Å². The molecule has 0 saturated carbocycles. The molecule has 0 aromatic heterocycles. The molecule has 2 N–H and O–H groups in total. The lowest BCUT2D eigenvalue weighted by atomic mass is 10.1. The summed E-state index contributed by atoms with van der Waals surface area (Å²) < 4.78 is 0. The Hall–Kier alpha value is -3.48. The van der Waals surface area contributed by atoms with Crippen molar-refractivity contribution < 1.29 is 19.2 Å². The quantitative estimate of drug-likeness (QED) is 0.705. The Balaban J connectivity index is 1.49. The SMILES string of the molecule is CCC(=O)Nc1ccc(NC(=O)CCCN2C(=O)c3ccc(C)cc3C2=O)cc1. The topological polar surface area (TPSA) is 95.6 Å². The Morgan fingerprint density at radius 1 is 0.862 bits per heavy atom. The minimum absolute atomic E-state index is 0.0786. The van der Waals surface area contributed by atoms with Crippen molar-refractivity contribution in [2.75, 3.05) is 17.2 Å². The molecule has 0 aliphatic carbocycles. The number of nitrogens with one attached hydrogen (secondary N) is 2. The van der Waals surface area contributed by atoms with Crippen molar-refractivity contribution in [2.45, 2.75) is 33.1 Å². The lowest BCUT2D eigenvalue weighted by molar-refractivity contribution is -0.117. The lowest BCUT2D eigenvalue weighted by Gasteiger charge is -2.13. The molecule has 0 bridgehead atoms. The molecule has 7 nitrogen and oxygen atoms in total. The molecule has 150 valence electrons. The van der Waals surface area contributed by atoms with Crippen LogP contribution in [0.4, 0.5) is 11.4 Å². The van der Waals surface area contributed by atoms with Crippen molar-refractivity contribution in [2.24, 2.45) is 0 Å². The van der Waals surface area contributed by atoms with Crippen LogP contribution in [-0.4, -0.2) is 35.1 Å². The molecular formula is C22H23N3O4. The van der Waals surface area contributed by atoms with Gasteiger partial charge in [0.25, 0.3) is 11.8 Å². The van der Waals surface area contributed by atoms with Crippen molar-refractivity contribution in [1.82, 2.24) is 4.90 Å². The second-order valence-electron chi connectivity index (χ2n) is 6.94. The third kappa shape index (κ3) is 4.68. The van der Waals surface area contributed by atoms with E-state index in [1.165, 1.54) is 4.90 Å². The van der Waals surface area contributed by atoms with Crippen LogP contribution in [0.2, 0.25) is 0 Å². The van der Waals surface area contributed by atoms with E-state index in [9.17, 15) is 19.2 Å². The van der Waals surface area contributed by atoms with Crippen LogP contribution in [0.15, 0.2) is 42.5 Å².